The van der Waals surface area contributed by atoms with Gasteiger partial charge < -0.3 is 29.0 Å². The molecule has 0 bridgehead atoms. The van der Waals surface area contributed by atoms with E-state index in [1.807, 2.05) is 24.3 Å². The lowest BCUT2D eigenvalue weighted by atomic mass is 9.87. The van der Waals surface area contributed by atoms with Crippen molar-refractivity contribution in [1.29, 1.82) is 0 Å². The molecule has 2 N–H and O–H groups in total. The van der Waals surface area contributed by atoms with E-state index in [0.29, 0.717) is 18.6 Å². The van der Waals surface area contributed by atoms with Gasteiger partial charge in [-0.25, -0.2) is 0 Å². The Morgan fingerprint density at radius 2 is 1.96 bits per heavy atom. The third-order valence-corrected chi connectivity index (χ3v) is 5.82. The van der Waals surface area contributed by atoms with Gasteiger partial charge in [-0.3, -0.25) is 0 Å². The Hall–Kier alpha value is -2.44. The number of aliphatic hydroxyl groups excluding tert-OH is 1. The quantitative estimate of drug-likeness (QED) is 0.789. The van der Waals surface area contributed by atoms with Crippen molar-refractivity contribution in [2.24, 2.45) is 0 Å². The van der Waals surface area contributed by atoms with Gasteiger partial charge in [-0.15, -0.1) is 0 Å². The van der Waals surface area contributed by atoms with Crippen molar-refractivity contribution in [3.63, 3.8) is 0 Å². The van der Waals surface area contributed by atoms with Crippen LogP contribution in [-0.4, -0.2) is 45.8 Å². The molecule has 150 valence electrons. The Labute approximate surface area is 165 Å². The van der Waals surface area contributed by atoms with Gasteiger partial charge in [-0.2, -0.15) is 0 Å². The molecule has 6 nitrogen and oxygen atoms in total. The van der Waals surface area contributed by atoms with E-state index >= 15 is 0 Å². The third-order valence-electron chi connectivity index (χ3n) is 5.82. The zero-order chi connectivity index (χ0) is 19.7. The van der Waals surface area contributed by atoms with E-state index in [1.54, 1.807) is 14.2 Å². The number of aliphatic hydroxyl groups is 1. The van der Waals surface area contributed by atoms with Crippen LogP contribution in [0.25, 0.3) is 0 Å². The molecule has 4 rings (SSSR count). The normalized spacial score (nSPS) is 21.1. The number of methoxy groups -OCH3 is 2. The van der Waals surface area contributed by atoms with Crippen LogP contribution in [0.2, 0.25) is 0 Å². The van der Waals surface area contributed by atoms with Crippen molar-refractivity contribution in [2.75, 3.05) is 34.6 Å². The summed E-state index contributed by atoms with van der Waals surface area (Å²) in [6.07, 6.45) is 1.77. The standard InChI is InChI=1S/C22H27NO5/c1-23-9-8-15-11-19-21(28-13-27-19)22(26-3)20(15)18(23)12-16(24)10-14-4-6-17(25-2)7-5-14/h4-7,11,16,18,24H,8-10,12-13H2,1-3H3/p+1. The van der Waals surface area contributed by atoms with Crippen LogP contribution in [0.3, 0.4) is 0 Å². The molecule has 0 saturated heterocycles. The lowest BCUT2D eigenvalue weighted by molar-refractivity contribution is -0.915. The molecule has 2 aliphatic heterocycles. The van der Waals surface area contributed by atoms with Gasteiger partial charge in [0.15, 0.2) is 11.5 Å². The predicted octanol–water partition coefficient (Wildman–Crippen LogP) is 1.54. The average Bonchev–Trinajstić information content (AvgIpc) is 3.17. The van der Waals surface area contributed by atoms with Crippen molar-refractivity contribution in [2.45, 2.75) is 31.4 Å². The summed E-state index contributed by atoms with van der Waals surface area (Å²) in [5.74, 6) is 3.02. The number of fused-ring (bicyclic) bond motifs is 2. The van der Waals surface area contributed by atoms with Gasteiger partial charge in [0.05, 0.1) is 39.5 Å². The fourth-order valence-corrected chi connectivity index (χ4v) is 4.33. The molecule has 0 radical (unpaired) electrons. The molecule has 28 heavy (non-hydrogen) atoms. The van der Waals surface area contributed by atoms with Gasteiger partial charge in [0, 0.05) is 12.8 Å². The molecule has 6 heteroatoms. The first-order chi connectivity index (χ1) is 13.6. The van der Waals surface area contributed by atoms with E-state index in [0.717, 1.165) is 41.3 Å². The molecule has 0 aromatic heterocycles. The van der Waals surface area contributed by atoms with Crippen LogP contribution >= 0.6 is 0 Å². The van der Waals surface area contributed by atoms with Crippen LogP contribution < -0.4 is 23.8 Å². The van der Waals surface area contributed by atoms with E-state index in [4.69, 9.17) is 18.9 Å². The first-order valence-corrected chi connectivity index (χ1v) is 9.73. The fourth-order valence-electron chi connectivity index (χ4n) is 4.33. The number of rotatable bonds is 6. The predicted molar refractivity (Wildman–Crippen MR) is 105 cm³/mol. The summed E-state index contributed by atoms with van der Waals surface area (Å²) in [4.78, 5) is 1.37. The second-order valence-corrected chi connectivity index (χ2v) is 7.56. The lowest BCUT2D eigenvalue weighted by Crippen LogP contribution is -3.10. The molecular formula is C22H28NO5+. The van der Waals surface area contributed by atoms with Gasteiger partial charge in [0.25, 0.3) is 0 Å². The first-order valence-electron chi connectivity index (χ1n) is 9.73. The first kappa shape index (κ1) is 18.9. The van der Waals surface area contributed by atoms with Crippen molar-refractivity contribution >= 4 is 0 Å². The van der Waals surface area contributed by atoms with Gasteiger partial charge in [-0.1, -0.05) is 12.1 Å². The fraction of sp³-hybridized carbons (Fsp3) is 0.455. The van der Waals surface area contributed by atoms with Gasteiger partial charge in [-0.05, 0) is 35.7 Å². The van der Waals surface area contributed by atoms with E-state index in [2.05, 4.69) is 13.1 Å². The SMILES string of the molecule is COc1ccc(CC(O)CC2c3c(cc4c(c3OC)OCO4)CC[NH+]2C)cc1. The van der Waals surface area contributed by atoms with Crippen LogP contribution in [0, 0.1) is 0 Å². The highest BCUT2D eigenvalue weighted by atomic mass is 16.7. The minimum atomic E-state index is -0.450. The number of quaternary nitrogens is 1. The molecule has 2 aliphatic rings. The van der Waals surface area contributed by atoms with Gasteiger partial charge in [0.1, 0.15) is 11.8 Å². The van der Waals surface area contributed by atoms with Crippen molar-refractivity contribution < 1.29 is 29.0 Å². The topological polar surface area (TPSA) is 61.6 Å². The van der Waals surface area contributed by atoms with E-state index < -0.39 is 6.10 Å². The molecule has 0 amide bonds. The smallest absolute Gasteiger partial charge is 0.231 e. The van der Waals surface area contributed by atoms with Crippen LogP contribution in [-0.2, 0) is 12.8 Å². The van der Waals surface area contributed by atoms with Crippen molar-refractivity contribution in [1.82, 2.24) is 0 Å². The summed E-state index contributed by atoms with van der Waals surface area (Å²) < 4.78 is 22.2. The third kappa shape index (κ3) is 3.50. The van der Waals surface area contributed by atoms with E-state index in [-0.39, 0.29) is 12.8 Å². The average molecular weight is 386 g/mol. The molecule has 2 heterocycles. The largest absolute Gasteiger partial charge is 0.497 e. The highest BCUT2D eigenvalue weighted by molar-refractivity contribution is 5.61. The molecular weight excluding hydrogens is 358 g/mol. The zero-order valence-electron chi connectivity index (χ0n) is 16.7. The van der Waals surface area contributed by atoms with Crippen molar-refractivity contribution in [3.8, 4) is 23.0 Å². The number of hydrogen-bond acceptors (Lipinski definition) is 5. The maximum absolute atomic E-state index is 10.8. The molecule has 0 spiro atoms. The summed E-state index contributed by atoms with van der Waals surface area (Å²) in [6.45, 7) is 1.23. The van der Waals surface area contributed by atoms with E-state index in [1.165, 1.54) is 10.5 Å². The van der Waals surface area contributed by atoms with Crippen LogP contribution in [0.4, 0.5) is 0 Å². The molecule has 3 unspecified atom stereocenters. The van der Waals surface area contributed by atoms with Gasteiger partial charge in [0.2, 0.25) is 12.5 Å². The van der Waals surface area contributed by atoms with Crippen LogP contribution in [0.15, 0.2) is 30.3 Å². The maximum atomic E-state index is 10.8. The number of hydrogen-bond donors (Lipinski definition) is 2. The second-order valence-electron chi connectivity index (χ2n) is 7.56. The van der Waals surface area contributed by atoms with Gasteiger partial charge >= 0.3 is 0 Å². The lowest BCUT2D eigenvalue weighted by Gasteiger charge is -2.34. The van der Waals surface area contributed by atoms with Crippen LogP contribution in [0.1, 0.15) is 29.2 Å². The molecule has 3 atom stereocenters. The molecule has 2 aromatic rings. The highest BCUT2D eigenvalue weighted by Gasteiger charge is 2.37. The summed E-state index contributed by atoms with van der Waals surface area (Å²) >= 11 is 0. The molecule has 2 aromatic carbocycles. The summed E-state index contributed by atoms with van der Waals surface area (Å²) in [5.41, 5.74) is 3.47. The maximum Gasteiger partial charge on any atom is 0.231 e. The van der Waals surface area contributed by atoms with Crippen molar-refractivity contribution in [3.05, 3.63) is 47.0 Å². The second kappa shape index (κ2) is 7.89. The Morgan fingerprint density at radius 1 is 1.18 bits per heavy atom. The Kier molecular flexibility index (Phi) is 5.33. The molecule has 0 saturated carbocycles. The summed E-state index contributed by atoms with van der Waals surface area (Å²) in [7, 11) is 5.51. The number of nitrogens with one attached hydrogen (secondary N) is 1. The minimum Gasteiger partial charge on any atom is -0.497 e. The minimum absolute atomic E-state index is 0.140. The number of likely N-dealkylation sites (N-methyl/N-ethyl adjacent to an activating group) is 1. The number of ether oxygens (including phenoxy) is 4. The highest BCUT2D eigenvalue weighted by Crippen LogP contribution is 2.48. The number of benzene rings is 2. The monoisotopic (exact) mass is 386 g/mol. The summed E-state index contributed by atoms with van der Waals surface area (Å²) in [5, 5.41) is 10.8. The Balaban J connectivity index is 1.58. The molecule has 0 aliphatic carbocycles. The Bertz CT molecular complexity index is 836. The molecule has 0 fully saturated rings. The van der Waals surface area contributed by atoms with E-state index in [9.17, 15) is 5.11 Å². The Morgan fingerprint density at radius 3 is 2.68 bits per heavy atom. The van der Waals surface area contributed by atoms with Crippen LogP contribution in [0.5, 0.6) is 23.0 Å². The zero-order valence-corrected chi connectivity index (χ0v) is 16.7. The summed E-state index contributed by atoms with van der Waals surface area (Å²) in [6, 6.07) is 10.1.